The van der Waals surface area contributed by atoms with Gasteiger partial charge in [-0.15, -0.1) is 11.3 Å². The second kappa shape index (κ2) is 6.97. The summed E-state index contributed by atoms with van der Waals surface area (Å²) in [5, 5.41) is 3.82. The minimum Gasteiger partial charge on any atom is -0.319 e. The van der Waals surface area contributed by atoms with Crippen molar-refractivity contribution in [2.24, 2.45) is 0 Å². The highest BCUT2D eigenvalue weighted by Gasteiger charge is 2.18. The third-order valence-electron chi connectivity index (χ3n) is 3.58. The fourth-order valence-corrected chi connectivity index (χ4v) is 4.15. The van der Waals surface area contributed by atoms with Gasteiger partial charge in [0.25, 0.3) is 5.91 Å². The quantitative estimate of drug-likeness (QED) is 0.508. The zero-order valence-corrected chi connectivity index (χ0v) is 15.5. The Kier molecular flexibility index (Phi) is 4.96. The minimum atomic E-state index is -0.414. The highest BCUT2D eigenvalue weighted by Crippen LogP contribution is 2.33. The number of aryl methyl sites for hydroxylation is 1. The van der Waals surface area contributed by atoms with E-state index in [1.54, 1.807) is 12.1 Å². The molecule has 1 N–H and O–H groups in total. The van der Waals surface area contributed by atoms with Crippen molar-refractivity contribution in [3.8, 4) is 0 Å². The number of fused-ring (bicyclic) bond motifs is 1. The van der Waals surface area contributed by atoms with E-state index >= 15 is 0 Å². The van der Waals surface area contributed by atoms with E-state index in [1.165, 1.54) is 17.4 Å². The molecule has 23 heavy (non-hydrogen) atoms. The van der Waals surface area contributed by atoms with E-state index in [9.17, 15) is 9.18 Å². The Morgan fingerprint density at radius 3 is 2.78 bits per heavy atom. The number of rotatable bonds is 4. The molecule has 0 bridgehead atoms. The van der Waals surface area contributed by atoms with Crippen LogP contribution in [0.25, 0.3) is 10.1 Å². The van der Waals surface area contributed by atoms with Gasteiger partial charge in [0.15, 0.2) is 0 Å². The zero-order chi connectivity index (χ0) is 16.4. The van der Waals surface area contributed by atoms with Crippen LogP contribution in [0.3, 0.4) is 0 Å². The zero-order valence-electron chi connectivity index (χ0n) is 12.5. The molecule has 118 valence electrons. The summed E-state index contributed by atoms with van der Waals surface area (Å²) < 4.78 is 15.8. The standard InChI is InChI=1S/C18H15FINOS/c1-2-5-13-12-6-3-4-7-16(12)23-17(13)18(22)21-15-9-8-11(20)10-14(15)19/h3-4,6-10H,2,5H2,1H3,(H,21,22). The summed E-state index contributed by atoms with van der Waals surface area (Å²) in [5.74, 6) is -0.654. The first-order valence-electron chi connectivity index (χ1n) is 7.37. The number of hydrogen-bond donors (Lipinski definition) is 1. The van der Waals surface area contributed by atoms with Gasteiger partial charge in [-0.05, 0) is 64.2 Å². The molecule has 1 amide bonds. The minimum absolute atomic E-state index is 0.218. The van der Waals surface area contributed by atoms with Crippen LogP contribution in [0, 0.1) is 9.39 Å². The molecule has 3 aromatic rings. The highest BCUT2D eigenvalue weighted by atomic mass is 127. The molecule has 3 rings (SSSR count). The van der Waals surface area contributed by atoms with E-state index in [4.69, 9.17) is 0 Å². The van der Waals surface area contributed by atoms with Crippen LogP contribution in [0.15, 0.2) is 42.5 Å². The van der Waals surface area contributed by atoms with E-state index in [1.807, 2.05) is 46.9 Å². The van der Waals surface area contributed by atoms with Crippen molar-refractivity contribution < 1.29 is 9.18 Å². The molecule has 0 spiro atoms. The molecule has 0 unspecified atom stereocenters. The van der Waals surface area contributed by atoms with Crippen LogP contribution in [0.2, 0.25) is 0 Å². The Morgan fingerprint density at radius 2 is 2.04 bits per heavy atom. The van der Waals surface area contributed by atoms with E-state index < -0.39 is 5.82 Å². The predicted molar refractivity (Wildman–Crippen MR) is 103 cm³/mol. The van der Waals surface area contributed by atoms with Crippen LogP contribution in [0.4, 0.5) is 10.1 Å². The molecule has 0 fully saturated rings. The smallest absolute Gasteiger partial charge is 0.266 e. The topological polar surface area (TPSA) is 29.1 Å². The van der Waals surface area contributed by atoms with Crippen molar-refractivity contribution in [3.63, 3.8) is 0 Å². The monoisotopic (exact) mass is 439 g/mol. The second-order valence-corrected chi connectivity index (χ2v) is 7.53. The molecule has 0 radical (unpaired) electrons. The first kappa shape index (κ1) is 16.4. The van der Waals surface area contributed by atoms with Crippen molar-refractivity contribution in [1.29, 1.82) is 0 Å². The molecule has 0 aliphatic rings. The maximum Gasteiger partial charge on any atom is 0.266 e. The number of nitrogens with one attached hydrogen (secondary N) is 1. The SMILES string of the molecule is CCCc1c(C(=O)Nc2ccc(I)cc2F)sc2ccccc12. The molecule has 1 aromatic heterocycles. The lowest BCUT2D eigenvalue weighted by Crippen LogP contribution is -2.13. The Hall–Kier alpha value is -1.47. The number of carbonyl (C=O) groups excluding carboxylic acids is 1. The molecular weight excluding hydrogens is 424 g/mol. The normalized spacial score (nSPS) is 10.9. The Labute approximate surface area is 151 Å². The number of thiophene rings is 1. The Morgan fingerprint density at radius 1 is 1.26 bits per heavy atom. The van der Waals surface area contributed by atoms with Gasteiger partial charge in [-0.2, -0.15) is 0 Å². The van der Waals surface area contributed by atoms with Gasteiger partial charge in [-0.1, -0.05) is 31.5 Å². The molecule has 0 saturated carbocycles. The Balaban J connectivity index is 1.98. The van der Waals surface area contributed by atoms with Crippen LogP contribution in [0.5, 0.6) is 0 Å². The average Bonchev–Trinajstić information content (AvgIpc) is 2.90. The van der Waals surface area contributed by atoms with Crippen molar-refractivity contribution in [2.75, 3.05) is 5.32 Å². The number of hydrogen-bond acceptors (Lipinski definition) is 2. The first-order chi connectivity index (χ1) is 11.1. The van der Waals surface area contributed by atoms with E-state index in [0.29, 0.717) is 4.88 Å². The number of halogens is 2. The molecule has 0 saturated heterocycles. The van der Waals surface area contributed by atoms with Gasteiger partial charge < -0.3 is 5.32 Å². The van der Waals surface area contributed by atoms with Crippen LogP contribution in [0.1, 0.15) is 28.6 Å². The van der Waals surface area contributed by atoms with Gasteiger partial charge in [0, 0.05) is 8.27 Å². The highest BCUT2D eigenvalue weighted by molar-refractivity contribution is 14.1. The van der Waals surface area contributed by atoms with Crippen LogP contribution >= 0.6 is 33.9 Å². The lowest BCUT2D eigenvalue weighted by molar-refractivity contribution is 0.102. The summed E-state index contributed by atoms with van der Waals surface area (Å²) in [6.07, 6.45) is 1.79. The van der Waals surface area contributed by atoms with Gasteiger partial charge in [-0.25, -0.2) is 4.39 Å². The molecule has 0 atom stereocenters. The van der Waals surface area contributed by atoms with E-state index in [2.05, 4.69) is 12.2 Å². The Bertz CT molecular complexity index is 875. The van der Waals surface area contributed by atoms with Crippen LogP contribution < -0.4 is 5.32 Å². The van der Waals surface area contributed by atoms with Gasteiger partial charge in [0.05, 0.1) is 10.6 Å². The second-order valence-electron chi connectivity index (χ2n) is 5.23. The van der Waals surface area contributed by atoms with E-state index in [-0.39, 0.29) is 11.6 Å². The molecule has 0 aliphatic carbocycles. The predicted octanol–water partition coefficient (Wildman–Crippen LogP) is 5.85. The molecular formula is C18H15FINOS. The van der Waals surface area contributed by atoms with Gasteiger partial charge in [-0.3, -0.25) is 4.79 Å². The lowest BCUT2D eigenvalue weighted by Gasteiger charge is -2.07. The fourth-order valence-electron chi connectivity index (χ4n) is 2.55. The maximum absolute atomic E-state index is 14.0. The average molecular weight is 439 g/mol. The summed E-state index contributed by atoms with van der Waals surface area (Å²) in [6.45, 7) is 2.09. The van der Waals surface area contributed by atoms with Crippen molar-refractivity contribution >= 4 is 55.6 Å². The summed E-state index contributed by atoms with van der Waals surface area (Å²) in [6, 6.07) is 12.8. The van der Waals surface area contributed by atoms with Gasteiger partial charge >= 0.3 is 0 Å². The lowest BCUT2D eigenvalue weighted by atomic mass is 10.1. The third kappa shape index (κ3) is 3.40. The van der Waals surface area contributed by atoms with Crippen LogP contribution in [-0.4, -0.2) is 5.91 Å². The summed E-state index contributed by atoms with van der Waals surface area (Å²) in [4.78, 5) is 13.3. The molecule has 5 heteroatoms. The van der Waals surface area contributed by atoms with E-state index in [0.717, 1.165) is 32.1 Å². The van der Waals surface area contributed by atoms with Crippen molar-refractivity contribution in [3.05, 3.63) is 62.3 Å². The van der Waals surface area contributed by atoms with Gasteiger partial charge in [0.2, 0.25) is 0 Å². The number of benzene rings is 2. The van der Waals surface area contributed by atoms with Crippen molar-refractivity contribution in [2.45, 2.75) is 19.8 Å². The van der Waals surface area contributed by atoms with Gasteiger partial charge in [0.1, 0.15) is 5.82 Å². The number of amides is 1. The molecule has 2 nitrogen and oxygen atoms in total. The molecule has 2 aromatic carbocycles. The fraction of sp³-hybridized carbons (Fsp3) is 0.167. The largest absolute Gasteiger partial charge is 0.319 e. The summed E-state index contributed by atoms with van der Waals surface area (Å²) in [7, 11) is 0. The molecule has 1 heterocycles. The summed E-state index contributed by atoms with van der Waals surface area (Å²) in [5.41, 5.74) is 1.27. The summed E-state index contributed by atoms with van der Waals surface area (Å²) >= 11 is 3.51. The first-order valence-corrected chi connectivity index (χ1v) is 9.26. The maximum atomic E-state index is 14.0. The number of anilines is 1. The van der Waals surface area contributed by atoms with Crippen LogP contribution in [-0.2, 0) is 6.42 Å². The number of carbonyl (C=O) groups is 1. The van der Waals surface area contributed by atoms with Crippen molar-refractivity contribution in [1.82, 2.24) is 0 Å². The third-order valence-corrected chi connectivity index (χ3v) is 5.47. The molecule has 0 aliphatic heterocycles.